The Morgan fingerprint density at radius 1 is 1.14 bits per heavy atom. The quantitative estimate of drug-likeness (QED) is 0.360. The Morgan fingerprint density at radius 2 is 1.93 bits per heavy atom. The molecule has 1 saturated heterocycles. The molecule has 2 heterocycles. The van der Waals surface area contributed by atoms with E-state index in [2.05, 4.69) is 30.1 Å². The van der Waals surface area contributed by atoms with Gasteiger partial charge in [-0.05, 0) is 62.3 Å². The molecule has 2 aliphatic rings. The van der Waals surface area contributed by atoms with Crippen molar-refractivity contribution in [1.29, 1.82) is 0 Å². The number of hydrogen-bond donors (Lipinski definition) is 1. The fourth-order valence-electron chi connectivity index (χ4n) is 4.03. The molecule has 3 rings (SSSR count). The molecule has 1 fully saturated rings. The predicted octanol–water partition coefficient (Wildman–Crippen LogP) is 3.05. The fraction of sp³-hybridized carbons (Fsp3) is 0.591. The number of benzene rings is 1. The SMILES string of the molecule is CCN(CC)CCCCCSc1cccc2c1CN(C1CCC(=O)NC1=O)C2=O. The Balaban J connectivity index is 1.54. The van der Waals surface area contributed by atoms with E-state index in [-0.39, 0.29) is 24.1 Å². The Kier molecular flexibility index (Phi) is 7.72. The van der Waals surface area contributed by atoms with Gasteiger partial charge in [-0.25, -0.2) is 0 Å². The molecule has 6 nitrogen and oxygen atoms in total. The van der Waals surface area contributed by atoms with Crippen LogP contribution in [0.15, 0.2) is 23.1 Å². The summed E-state index contributed by atoms with van der Waals surface area (Å²) in [7, 11) is 0. The minimum atomic E-state index is -0.550. The summed E-state index contributed by atoms with van der Waals surface area (Å²) >= 11 is 1.80. The van der Waals surface area contributed by atoms with Crippen LogP contribution in [0.1, 0.15) is 61.9 Å². The number of piperidine rings is 1. The molecule has 0 bridgehead atoms. The molecular formula is C22H31N3O3S. The lowest BCUT2D eigenvalue weighted by Crippen LogP contribution is -2.52. The number of hydrogen-bond acceptors (Lipinski definition) is 5. The van der Waals surface area contributed by atoms with Crippen molar-refractivity contribution in [1.82, 2.24) is 15.1 Å². The number of amides is 3. The summed E-state index contributed by atoms with van der Waals surface area (Å²) in [5, 5.41) is 2.36. The van der Waals surface area contributed by atoms with Gasteiger partial charge >= 0.3 is 0 Å². The van der Waals surface area contributed by atoms with Gasteiger partial charge in [0.05, 0.1) is 0 Å². The summed E-state index contributed by atoms with van der Waals surface area (Å²) in [6, 6.07) is 5.29. The molecule has 0 aliphatic carbocycles. The van der Waals surface area contributed by atoms with Crippen LogP contribution in [0.25, 0.3) is 0 Å². The molecule has 0 aromatic heterocycles. The fourth-order valence-corrected chi connectivity index (χ4v) is 5.12. The lowest BCUT2D eigenvalue weighted by molar-refractivity contribution is -0.136. The van der Waals surface area contributed by atoms with Crippen LogP contribution in [0.5, 0.6) is 0 Å². The number of rotatable bonds is 10. The third-order valence-electron chi connectivity index (χ3n) is 5.81. The molecule has 29 heavy (non-hydrogen) atoms. The first-order valence-corrected chi connectivity index (χ1v) is 11.6. The molecule has 158 valence electrons. The van der Waals surface area contributed by atoms with E-state index in [1.807, 2.05) is 12.1 Å². The first kappa shape index (κ1) is 21.8. The number of nitrogens with zero attached hydrogens (tertiary/aromatic N) is 2. The van der Waals surface area contributed by atoms with Crippen molar-refractivity contribution >= 4 is 29.5 Å². The number of carbonyl (C=O) groups is 3. The van der Waals surface area contributed by atoms with E-state index >= 15 is 0 Å². The first-order chi connectivity index (χ1) is 14.0. The predicted molar refractivity (Wildman–Crippen MR) is 115 cm³/mol. The van der Waals surface area contributed by atoms with Gasteiger partial charge in [-0.3, -0.25) is 19.7 Å². The molecule has 0 saturated carbocycles. The van der Waals surface area contributed by atoms with Crippen molar-refractivity contribution in [3.8, 4) is 0 Å². The van der Waals surface area contributed by atoms with Crippen LogP contribution in [-0.2, 0) is 16.1 Å². The van der Waals surface area contributed by atoms with E-state index in [0.29, 0.717) is 18.5 Å². The van der Waals surface area contributed by atoms with E-state index in [4.69, 9.17) is 0 Å². The second-order valence-electron chi connectivity index (χ2n) is 7.62. The van der Waals surface area contributed by atoms with E-state index < -0.39 is 6.04 Å². The largest absolute Gasteiger partial charge is 0.322 e. The zero-order valence-electron chi connectivity index (χ0n) is 17.4. The Bertz CT molecular complexity index is 764. The highest BCUT2D eigenvalue weighted by atomic mass is 32.2. The zero-order valence-corrected chi connectivity index (χ0v) is 18.2. The number of fused-ring (bicyclic) bond motifs is 1. The minimum absolute atomic E-state index is 0.101. The first-order valence-electron chi connectivity index (χ1n) is 10.7. The molecule has 2 aliphatic heterocycles. The Labute approximate surface area is 177 Å². The molecule has 1 unspecified atom stereocenters. The molecule has 1 aromatic carbocycles. The van der Waals surface area contributed by atoms with Crippen molar-refractivity contribution in [2.45, 2.75) is 63.4 Å². The van der Waals surface area contributed by atoms with Crippen molar-refractivity contribution in [2.24, 2.45) is 0 Å². The van der Waals surface area contributed by atoms with Crippen LogP contribution < -0.4 is 5.32 Å². The van der Waals surface area contributed by atoms with Gasteiger partial charge < -0.3 is 9.80 Å². The lowest BCUT2D eigenvalue weighted by atomic mass is 10.0. The maximum Gasteiger partial charge on any atom is 0.255 e. The number of unbranched alkanes of at least 4 members (excludes halogenated alkanes) is 2. The smallest absolute Gasteiger partial charge is 0.255 e. The van der Waals surface area contributed by atoms with Gasteiger partial charge in [0, 0.05) is 23.4 Å². The highest BCUT2D eigenvalue weighted by Gasteiger charge is 2.39. The van der Waals surface area contributed by atoms with Gasteiger partial charge in [0.2, 0.25) is 11.8 Å². The van der Waals surface area contributed by atoms with Gasteiger partial charge in [0.15, 0.2) is 0 Å². The van der Waals surface area contributed by atoms with Crippen LogP contribution in [0.4, 0.5) is 0 Å². The normalized spacial score (nSPS) is 19.1. The van der Waals surface area contributed by atoms with E-state index in [1.165, 1.54) is 12.8 Å². The second-order valence-corrected chi connectivity index (χ2v) is 8.75. The third kappa shape index (κ3) is 5.20. The van der Waals surface area contributed by atoms with Crippen molar-refractivity contribution in [3.05, 3.63) is 29.3 Å². The van der Waals surface area contributed by atoms with Crippen LogP contribution in [0.2, 0.25) is 0 Å². The summed E-state index contributed by atoms with van der Waals surface area (Å²) in [6.45, 7) is 8.24. The molecule has 7 heteroatoms. The second kappa shape index (κ2) is 10.3. The molecule has 0 radical (unpaired) electrons. The molecule has 1 aromatic rings. The highest BCUT2D eigenvalue weighted by molar-refractivity contribution is 7.99. The molecule has 0 spiro atoms. The summed E-state index contributed by atoms with van der Waals surface area (Å²) in [5.41, 5.74) is 1.72. The summed E-state index contributed by atoms with van der Waals surface area (Å²) in [4.78, 5) is 41.7. The number of nitrogens with one attached hydrogen (secondary N) is 1. The maximum absolute atomic E-state index is 12.9. The summed E-state index contributed by atoms with van der Waals surface area (Å²) in [6.07, 6.45) is 4.27. The lowest BCUT2D eigenvalue weighted by Gasteiger charge is -2.29. The number of imide groups is 1. The van der Waals surface area contributed by atoms with Gasteiger partial charge in [-0.2, -0.15) is 0 Å². The summed E-state index contributed by atoms with van der Waals surface area (Å²) in [5.74, 6) is 0.315. The van der Waals surface area contributed by atoms with Crippen LogP contribution >= 0.6 is 11.8 Å². The zero-order chi connectivity index (χ0) is 20.8. The maximum atomic E-state index is 12.9. The van der Waals surface area contributed by atoms with Crippen molar-refractivity contribution < 1.29 is 14.4 Å². The molecule has 1 atom stereocenters. The van der Waals surface area contributed by atoms with Crippen molar-refractivity contribution in [2.75, 3.05) is 25.4 Å². The number of carbonyl (C=O) groups excluding carboxylic acids is 3. The van der Waals surface area contributed by atoms with Crippen LogP contribution in [0.3, 0.4) is 0 Å². The minimum Gasteiger partial charge on any atom is -0.322 e. The van der Waals surface area contributed by atoms with Gasteiger partial charge in [0.25, 0.3) is 5.91 Å². The van der Waals surface area contributed by atoms with E-state index in [1.54, 1.807) is 16.7 Å². The third-order valence-corrected chi connectivity index (χ3v) is 7.00. The van der Waals surface area contributed by atoms with E-state index in [0.717, 1.165) is 42.3 Å². The van der Waals surface area contributed by atoms with Gasteiger partial charge in [-0.1, -0.05) is 26.3 Å². The Morgan fingerprint density at radius 3 is 2.66 bits per heavy atom. The summed E-state index contributed by atoms with van der Waals surface area (Å²) < 4.78 is 0. The number of thioether (sulfide) groups is 1. The topological polar surface area (TPSA) is 69.7 Å². The monoisotopic (exact) mass is 417 g/mol. The van der Waals surface area contributed by atoms with Gasteiger partial charge in [-0.15, -0.1) is 11.8 Å². The average molecular weight is 418 g/mol. The van der Waals surface area contributed by atoms with Crippen LogP contribution in [-0.4, -0.2) is 59.0 Å². The van der Waals surface area contributed by atoms with E-state index in [9.17, 15) is 14.4 Å². The molecular weight excluding hydrogens is 386 g/mol. The Hall–Kier alpha value is -1.86. The van der Waals surface area contributed by atoms with Crippen molar-refractivity contribution in [3.63, 3.8) is 0 Å². The highest BCUT2D eigenvalue weighted by Crippen LogP contribution is 2.34. The molecule has 3 amide bonds. The molecule has 1 N–H and O–H groups in total. The van der Waals surface area contributed by atoms with Crippen LogP contribution in [0, 0.1) is 0 Å². The average Bonchev–Trinajstić information content (AvgIpc) is 3.05. The van der Waals surface area contributed by atoms with Gasteiger partial charge in [0.1, 0.15) is 6.04 Å². The standard InChI is InChI=1S/C22H31N3O3S/c1-3-24(4-2)13-6-5-7-14-29-19-10-8-9-16-17(19)15-25(22(16)28)18-11-12-20(26)23-21(18)27/h8-10,18H,3-7,11-15H2,1-2H3,(H,23,26,27).